The highest BCUT2D eigenvalue weighted by molar-refractivity contribution is 5.76. The summed E-state index contributed by atoms with van der Waals surface area (Å²) in [4.78, 5) is 39.9. The van der Waals surface area contributed by atoms with Crippen LogP contribution in [0.1, 0.15) is 61.3 Å². The molecular weight excluding hydrogens is 446 g/mol. The number of aryl methyl sites for hydroxylation is 2. The summed E-state index contributed by atoms with van der Waals surface area (Å²) < 4.78 is 9.96. The second-order valence-corrected chi connectivity index (χ2v) is 9.38. The predicted molar refractivity (Wildman–Crippen MR) is 131 cm³/mol. The number of aromatic nitrogens is 3. The average Bonchev–Trinajstić information content (AvgIpc) is 2.91. The second kappa shape index (κ2) is 12.0. The molecule has 2 aliphatic heterocycles. The molecule has 35 heavy (non-hydrogen) atoms. The van der Waals surface area contributed by atoms with Gasteiger partial charge in [-0.15, -0.1) is 0 Å². The molecule has 0 spiro atoms. The molecule has 4 heterocycles. The number of piperidine rings is 1. The molecule has 1 saturated heterocycles. The van der Waals surface area contributed by atoms with E-state index in [0.717, 1.165) is 68.8 Å². The first kappa shape index (κ1) is 24.9. The second-order valence-electron chi connectivity index (χ2n) is 9.38. The van der Waals surface area contributed by atoms with Crippen LogP contribution in [0.25, 0.3) is 0 Å². The minimum atomic E-state index is -0.246. The van der Waals surface area contributed by atoms with Crippen molar-refractivity contribution in [2.24, 2.45) is 5.92 Å². The molecule has 9 nitrogen and oxygen atoms in total. The van der Waals surface area contributed by atoms with Gasteiger partial charge in [0.2, 0.25) is 5.91 Å². The van der Waals surface area contributed by atoms with E-state index >= 15 is 0 Å². The molecule has 1 fully saturated rings. The smallest absolute Gasteiger partial charge is 0.316 e. The van der Waals surface area contributed by atoms with Crippen LogP contribution in [0.15, 0.2) is 24.5 Å². The van der Waals surface area contributed by atoms with E-state index in [0.29, 0.717) is 24.8 Å². The van der Waals surface area contributed by atoms with Gasteiger partial charge < -0.3 is 19.7 Å². The first-order valence-electron chi connectivity index (χ1n) is 12.5. The fraction of sp³-hybridized carbons (Fsp3) is 0.577. The van der Waals surface area contributed by atoms with Crippen molar-refractivity contribution in [1.82, 2.24) is 19.9 Å². The molecule has 0 aromatic carbocycles. The van der Waals surface area contributed by atoms with Crippen molar-refractivity contribution in [2.75, 3.05) is 39.2 Å². The van der Waals surface area contributed by atoms with E-state index in [2.05, 4.69) is 27.4 Å². The summed E-state index contributed by atoms with van der Waals surface area (Å²) in [5.74, 6) is 1.31. The Morgan fingerprint density at radius 3 is 2.66 bits per heavy atom. The van der Waals surface area contributed by atoms with Crippen molar-refractivity contribution in [1.29, 1.82) is 0 Å². The molecule has 4 rings (SSSR count). The van der Waals surface area contributed by atoms with E-state index in [4.69, 9.17) is 14.5 Å². The van der Waals surface area contributed by atoms with E-state index in [-0.39, 0.29) is 24.2 Å². The molecule has 0 aliphatic carbocycles. The molecule has 0 bridgehead atoms. The number of likely N-dealkylation sites (tertiary alicyclic amines) is 1. The lowest BCUT2D eigenvalue weighted by Gasteiger charge is -2.33. The number of nitrogens with zero attached hydrogens (tertiary/aromatic N) is 4. The Morgan fingerprint density at radius 2 is 1.94 bits per heavy atom. The van der Waals surface area contributed by atoms with Crippen LogP contribution in [0, 0.1) is 5.92 Å². The zero-order valence-corrected chi connectivity index (χ0v) is 20.7. The van der Waals surface area contributed by atoms with Crippen molar-refractivity contribution >= 4 is 17.7 Å². The van der Waals surface area contributed by atoms with Crippen molar-refractivity contribution < 1.29 is 19.1 Å². The Morgan fingerprint density at radius 1 is 1.17 bits per heavy atom. The molecule has 1 amide bonds. The molecule has 1 N–H and O–H groups in total. The Bertz CT molecular complexity index is 1010. The summed E-state index contributed by atoms with van der Waals surface area (Å²) in [5, 5.41) is 3.36. The van der Waals surface area contributed by atoms with E-state index in [9.17, 15) is 9.59 Å². The van der Waals surface area contributed by atoms with E-state index in [1.165, 1.54) is 19.8 Å². The van der Waals surface area contributed by atoms with Crippen LogP contribution < -0.4 is 10.1 Å². The first-order chi connectivity index (χ1) is 17.1. The third-order valence-corrected chi connectivity index (χ3v) is 7.07. The lowest BCUT2D eigenvalue weighted by atomic mass is 9.83. The number of amides is 1. The third kappa shape index (κ3) is 6.68. The van der Waals surface area contributed by atoms with Gasteiger partial charge in [0.25, 0.3) is 0 Å². The molecule has 0 radical (unpaired) electrons. The van der Waals surface area contributed by atoms with Crippen LogP contribution in [-0.2, 0) is 27.2 Å². The Kier molecular flexibility index (Phi) is 8.50. The number of esters is 1. The molecule has 0 saturated carbocycles. The normalized spacial score (nSPS) is 16.7. The number of anilines is 1. The summed E-state index contributed by atoms with van der Waals surface area (Å²) >= 11 is 0. The number of carbonyl (C=O) groups is 2. The number of carbonyl (C=O) groups excluding carboxylic acids is 2. The van der Waals surface area contributed by atoms with Gasteiger partial charge in [-0.05, 0) is 67.6 Å². The molecule has 2 aromatic heterocycles. The molecule has 1 atom stereocenters. The molecule has 2 aromatic rings. The zero-order valence-electron chi connectivity index (χ0n) is 20.7. The minimum absolute atomic E-state index is 0.0238. The lowest BCUT2D eigenvalue weighted by molar-refractivity contribution is -0.141. The maximum absolute atomic E-state index is 12.8. The van der Waals surface area contributed by atoms with Crippen molar-refractivity contribution in [3.63, 3.8) is 0 Å². The Balaban J connectivity index is 1.27. The maximum atomic E-state index is 12.8. The van der Waals surface area contributed by atoms with Gasteiger partial charge in [0.15, 0.2) is 0 Å². The van der Waals surface area contributed by atoms with Gasteiger partial charge in [-0.25, -0.2) is 15.0 Å². The fourth-order valence-corrected chi connectivity index (χ4v) is 4.99. The Hall–Kier alpha value is -3.23. The van der Waals surface area contributed by atoms with Crippen LogP contribution in [0.3, 0.4) is 0 Å². The highest BCUT2D eigenvalue weighted by Crippen LogP contribution is 2.32. The quantitative estimate of drug-likeness (QED) is 0.545. The van der Waals surface area contributed by atoms with Crippen LogP contribution >= 0.6 is 0 Å². The summed E-state index contributed by atoms with van der Waals surface area (Å²) in [6.07, 6.45) is 9.74. The highest BCUT2D eigenvalue weighted by Gasteiger charge is 2.27. The number of fused-ring (bicyclic) bond motifs is 1. The van der Waals surface area contributed by atoms with Gasteiger partial charge in [-0.3, -0.25) is 9.59 Å². The average molecular weight is 482 g/mol. The highest BCUT2D eigenvalue weighted by atomic mass is 16.5. The zero-order chi connectivity index (χ0) is 24.6. The molecular formula is C26H35N5O4. The SMILES string of the molecule is COC(=O)CC(CC1CCN(C(=O)CCc2ccc3c(n2)NCCC3)CC1)c1cnc(OC)nc1. The van der Waals surface area contributed by atoms with Gasteiger partial charge in [-0.1, -0.05) is 6.07 Å². The van der Waals surface area contributed by atoms with E-state index < -0.39 is 0 Å². The standard InChI is InChI=1S/C26H35N5O4/c1-34-24(33)15-20(21-16-28-26(35-2)29-17-21)14-18-9-12-31(13-10-18)23(32)8-7-22-6-5-19-4-3-11-27-25(19)30-22/h5-6,16-18,20H,3-4,7-15H2,1-2H3,(H,27,30). The fourth-order valence-electron chi connectivity index (χ4n) is 4.99. The number of hydrogen-bond donors (Lipinski definition) is 1. The van der Waals surface area contributed by atoms with Crippen LogP contribution in [0.2, 0.25) is 0 Å². The molecule has 188 valence electrons. The number of hydrogen-bond acceptors (Lipinski definition) is 8. The number of nitrogens with one attached hydrogen (secondary N) is 1. The summed E-state index contributed by atoms with van der Waals surface area (Å²) in [5.41, 5.74) is 3.13. The molecule has 9 heteroatoms. The summed E-state index contributed by atoms with van der Waals surface area (Å²) in [7, 11) is 2.93. The molecule has 1 unspecified atom stereocenters. The van der Waals surface area contributed by atoms with Gasteiger partial charge >= 0.3 is 12.0 Å². The van der Waals surface area contributed by atoms with E-state index in [1.807, 2.05) is 4.90 Å². The largest absolute Gasteiger partial charge is 0.469 e. The minimum Gasteiger partial charge on any atom is -0.469 e. The van der Waals surface area contributed by atoms with Gasteiger partial charge in [0.05, 0.1) is 20.6 Å². The van der Waals surface area contributed by atoms with E-state index in [1.54, 1.807) is 12.4 Å². The predicted octanol–water partition coefficient (Wildman–Crippen LogP) is 3.15. The van der Waals surface area contributed by atoms with Gasteiger partial charge in [-0.2, -0.15) is 0 Å². The van der Waals surface area contributed by atoms with Gasteiger partial charge in [0, 0.05) is 44.1 Å². The number of ether oxygens (including phenoxy) is 2. The first-order valence-corrected chi connectivity index (χ1v) is 12.5. The van der Waals surface area contributed by atoms with Crippen molar-refractivity contribution in [3.8, 4) is 6.01 Å². The topological polar surface area (TPSA) is 107 Å². The molecule has 2 aliphatic rings. The lowest BCUT2D eigenvalue weighted by Crippen LogP contribution is -2.39. The summed E-state index contributed by atoms with van der Waals surface area (Å²) in [6, 6.07) is 4.49. The Labute approximate surface area is 206 Å². The van der Waals surface area contributed by atoms with Crippen molar-refractivity contribution in [3.05, 3.63) is 41.3 Å². The van der Waals surface area contributed by atoms with Crippen molar-refractivity contribution in [2.45, 2.75) is 57.3 Å². The van der Waals surface area contributed by atoms with Crippen LogP contribution in [0.5, 0.6) is 6.01 Å². The van der Waals surface area contributed by atoms with Gasteiger partial charge in [0.1, 0.15) is 5.82 Å². The van der Waals surface area contributed by atoms with Crippen LogP contribution in [-0.4, -0.2) is 65.6 Å². The number of rotatable bonds is 9. The maximum Gasteiger partial charge on any atom is 0.316 e. The third-order valence-electron chi connectivity index (χ3n) is 7.07. The number of pyridine rings is 1. The monoisotopic (exact) mass is 481 g/mol. The van der Waals surface area contributed by atoms with Crippen LogP contribution in [0.4, 0.5) is 5.82 Å². The number of methoxy groups -OCH3 is 2. The summed E-state index contributed by atoms with van der Waals surface area (Å²) in [6.45, 7) is 2.45.